The van der Waals surface area contributed by atoms with Crippen molar-refractivity contribution in [3.63, 3.8) is 0 Å². The van der Waals surface area contributed by atoms with E-state index in [-0.39, 0.29) is 10.9 Å². The van der Waals surface area contributed by atoms with E-state index in [2.05, 4.69) is 16.9 Å². The van der Waals surface area contributed by atoms with E-state index in [9.17, 15) is 8.42 Å². The summed E-state index contributed by atoms with van der Waals surface area (Å²) < 4.78 is 39.3. The zero-order chi connectivity index (χ0) is 18.1. The number of ether oxygens (including phenoxy) is 2. The first kappa shape index (κ1) is 17.4. The predicted molar refractivity (Wildman–Crippen MR) is 99.3 cm³/mol. The summed E-state index contributed by atoms with van der Waals surface area (Å²) in [5.74, 6) is 1.05. The molecule has 1 atom stereocenters. The van der Waals surface area contributed by atoms with Crippen LogP contribution in [0.25, 0.3) is 0 Å². The van der Waals surface area contributed by atoms with Crippen molar-refractivity contribution in [2.45, 2.75) is 43.5 Å². The van der Waals surface area contributed by atoms with Gasteiger partial charge in [-0.15, -0.1) is 0 Å². The fourth-order valence-electron chi connectivity index (χ4n) is 3.58. The second-order valence-electron chi connectivity index (χ2n) is 6.88. The average molecular weight is 373 g/mol. The van der Waals surface area contributed by atoms with Crippen molar-refractivity contribution in [1.29, 1.82) is 0 Å². The van der Waals surface area contributed by atoms with Crippen LogP contribution in [0, 0.1) is 0 Å². The van der Waals surface area contributed by atoms with E-state index < -0.39 is 10.0 Å². The zero-order valence-corrected chi connectivity index (χ0v) is 15.6. The standard InChI is InChI=1S/C20H23NO4S/c1-14(16-7-6-15-4-2-3-5-17(15)12-16)21-26(22,23)18-8-9-19-20(13-18)25-11-10-24-19/h6-9,12-14,21H,2-5,10-11H2,1H3/t14-/m0/s1. The Bertz CT molecular complexity index is 923. The van der Waals surface area contributed by atoms with E-state index >= 15 is 0 Å². The Morgan fingerprint density at radius 3 is 2.46 bits per heavy atom. The summed E-state index contributed by atoms with van der Waals surface area (Å²) in [4.78, 5) is 0.187. The van der Waals surface area contributed by atoms with Gasteiger partial charge in [-0.05, 0) is 61.4 Å². The lowest BCUT2D eigenvalue weighted by atomic mass is 9.89. The molecule has 0 amide bonds. The number of fused-ring (bicyclic) bond motifs is 2. The molecule has 0 bridgehead atoms. The number of hydrogen-bond donors (Lipinski definition) is 1. The maximum absolute atomic E-state index is 12.8. The molecular formula is C20H23NO4S. The summed E-state index contributed by atoms with van der Waals surface area (Å²) in [5.41, 5.74) is 3.73. The Morgan fingerprint density at radius 1 is 0.923 bits per heavy atom. The molecule has 0 unspecified atom stereocenters. The summed E-state index contributed by atoms with van der Waals surface area (Å²) in [7, 11) is -3.65. The van der Waals surface area contributed by atoms with Crippen LogP contribution in [0.5, 0.6) is 11.5 Å². The van der Waals surface area contributed by atoms with Crippen LogP contribution < -0.4 is 14.2 Å². The van der Waals surface area contributed by atoms with E-state index in [1.807, 2.05) is 13.0 Å². The van der Waals surface area contributed by atoms with Gasteiger partial charge in [-0.2, -0.15) is 0 Å². The summed E-state index contributed by atoms with van der Waals surface area (Å²) in [6, 6.07) is 10.7. The molecule has 2 aromatic rings. The third-order valence-corrected chi connectivity index (χ3v) is 6.57. The maximum Gasteiger partial charge on any atom is 0.241 e. The highest BCUT2D eigenvalue weighted by atomic mass is 32.2. The molecular weight excluding hydrogens is 350 g/mol. The maximum atomic E-state index is 12.8. The van der Waals surface area contributed by atoms with Crippen LogP contribution >= 0.6 is 0 Å². The van der Waals surface area contributed by atoms with Crippen LogP contribution in [0.1, 0.15) is 42.5 Å². The summed E-state index contributed by atoms with van der Waals surface area (Å²) >= 11 is 0. The summed E-state index contributed by atoms with van der Waals surface area (Å²) in [6.45, 7) is 2.78. The first-order valence-electron chi connectivity index (χ1n) is 9.07. The van der Waals surface area contributed by atoms with Gasteiger partial charge in [0.25, 0.3) is 0 Å². The van der Waals surface area contributed by atoms with Crippen molar-refractivity contribution in [2.75, 3.05) is 13.2 Å². The molecule has 2 aliphatic rings. The zero-order valence-electron chi connectivity index (χ0n) is 14.8. The molecule has 1 aliphatic heterocycles. The molecule has 0 saturated heterocycles. The van der Waals surface area contributed by atoms with Gasteiger partial charge in [-0.1, -0.05) is 18.2 Å². The molecule has 0 radical (unpaired) electrons. The van der Waals surface area contributed by atoms with Crippen LogP contribution in [0.2, 0.25) is 0 Å². The number of sulfonamides is 1. The Balaban J connectivity index is 1.55. The second kappa shape index (κ2) is 6.93. The Kier molecular flexibility index (Phi) is 4.63. The Labute approximate surface area is 154 Å². The highest BCUT2D eigenvalue weighted by Crippen LogP contribution is 2.33. The molecule has 4 rings (SSSR count). The predicted octanol–water partition coefficient (Wildman–Crippen LogP) is 3.38. The molecule has 26 heavy (non-hydrogen) atoms. The number of rotatable bonds is 4. The molecule has 1 heterocycles. The smallest absolute Gasteiger partial charge is 0.241 e. The fraction of sp³-hybridized carbons (Fsp3) is 0.400. The number of nitrogens with one attached hydrogen (secondary N) is 1. The molecule has 6 heteroatoms. The van der Waals surface area contributed by atoms with Crippen molar-refractivity contribution in [3.8, 4) is 11.5 Å². The first-order chi connectivity index (χ1) is 12.5. The van der Waals surface area contributed by atoms with Crippen molar-refractivity contribution in [2.24, 2.45) is 0 Å². The minimum absolute atomic E-state index is 0.187. The number of benzene rings is 2. The highest BCUT2D eigenvalue weighted by Gasteiger charge is 2.22. The molecule has 5 nitrogen and oxygen atoms in total. The summed E-state index contributed by atoms with van der Waals surface area (Å²) in [6.07, 6.45) is 4.63. The number of aryl methyl sites for hydroxylation is 2. The third-order valence-electron chi connectivity index (χ3n) is 5.03. The molecule has 1 N–H and O–H groups in total. The largest absolute Gasteiger partial charge is 0.486 e. The molecule has 1 aliphatic carbocycles. The average Bonchev–Trinajstić information content (AvgIpc) is 2.67. The molecule has 0 aromatic heterocycles. The van der Waals surface area contributed by atoms with E-state index in [4.69, 9.17) is 9.47 Å². The molecule has 0 fully saturated rings. The normalized spacial score (nSPS) is 17.4. The highest BCUT2D eigenvalue weighted by molar-refractivity contribution is 7.89. The lowest BCUT2D eigenvalue weighted by molar-refractivity contribution is 0.171. The Morgan fingerprint density at radius 2 is 1.65 bits per heavy atom. The minimum Gasteiger partial charge on any atom is -0.486 e. The van der Waals surface area contributed by atoms with Crippen molar-refractivity contribution >= 4 is 10.0 Å². The van der Waals surface area contributed by atoms with Gasteiger partial charge in [0.1, 0.15) is 13.2 Å². The lowest BCUT2D eigenvalue weighted by Crippen LogP contribution is -2.27. The second-order valence-corrected chi connectivity index (χ2v) is 8.60. The van der Waals surface area contributed by atoms with Gasteiger partial charge in [-0.3, -0.25) is 0 Å². The quantitative estimate of drug-likeness (QED) is 0.892. The lowest BCUT2D eigenvalue weighted by Gasteiger charge is -2.21. The van der Waals surface area contributed by atoms with E-state index in [1.165, 1.54) is 30.0 Å². The van der Waals surface area contributed by atoms with Crippen LogP contribution in [0.3, 0.4) is 0 Å². The van der Waals surface area contributed by atoms with E-state index in [0.29, 0.717) is 24.7 Å². The van der Waals surface area contributed by atoms with Gasteiger partial charge in [-0.25, -0.2) is 13.1 Å². The molecule has 2 aromatic carbocycles. The monoisotopic (exact) mass is 373 g/mol. The van der Waals surface area contributed by atoms with Gasteiger partial charge in [0.15, 0.2) is 11.5 Å². The van der Waals surface area contributed by atoms with Gasteiger partial charge in [0.05, 0.1) is 4.90 Å². The van der Waals surface area contributed by atoms with Crippen LogP contribution in [-0.4, -0.2) is 21.6 Å². The van der Waals surface area contributed by atoms with Crippen molar-refractivity contribution < 1.29 is 17.9 Å². The first-order valence-corrected chi connectivity index (χ1v) is 10.5. The molecule has 0 spiro atoms. The van der Waals surface area contributed by atoms with Crippen molar-refractivity contribution in [1.82, 2.24) is 4.72 Å². The Hall–Kier alpha value is -2.05. The summed E-state index contributed by atoms with van der Waals surface area (Å²) in [5, 5.41) is 0. The fourth-order valence-corrected chi connectivity index (χ4v) is 4.83. The van der Waals surface area contributed by atoms with Gasteiger partial charge in [0, 0.05) is 12.1 Å². The number of hydrogen-bond acceptors (Lipinski definition) is 4. The van der Waals surface area contributed by atoms with E-state index in [0.717, 1.165) is 18.4 Å². The van der Waals surface area contributed by atoms with Crippen LogP contribution in [-0.2, 0) is 22.9 Å². The molecule has 0 saturated carbocycles. The van der Waals surface area contributed by atoms with Gasteiger partial charge >= 0.3 is 0 Å². The van der Waals surface area contributed by atoms with Gasteiger partial charge in [0.2, 0.25) is 10.0 Å². The topological polar surface area (TPSA) is 64.6 Å². The van der Waals surface area contributed by atoms with E-state index in [1.54, 1.807) is 12.1 Å². The van der Waals surface area contributed by atoms with Crippen LogP contribution in [0.4, 0.5) is 0 Å². The molecule has 138 valence electrons. The SMILES string of the molecule is C[C@H](NS(=O)(=O)c1ccc2c(c1)OCCO2)c1ccc2c(c1)CCCC2. The van der Waals surface area contributed by atoms with Crippen molar-refractivity contribution in [3.05, 3.63) is 53.1 Å². The minimum atomic E-state index is -3.65. The van der Waals surface area contributed by atoms with Crippen LogP contribution in [0.15, 0.2) is 41.3 Å². The third kappa shape index (κ3) is 3.44. The van der Waals surface area contributed by atoms with Gasteiger partial charge < -0.3 is 9.47 Å².